The lowest BCUT2D eigenvalue weighted by Gasteiger charge is -2.17. The summed E-state index contributed by atoms with van der Waals surface area (Å²) in [7, 11) is 0. The molecule has 1 aromatic carbocycles. The van der Waals surface area contributed by atoms with Gasteiger partial charge in [0.25, 0.3) is 5.91 Å². The molecule has 1 N–H and O–H groups in total. The molecule has 0 radical (unpaired) electrons. The first kappa shape index (κ1) is 14.0. The highest BCUT2D eigenvalue weighted by Crippen LogP contribution is 2.17. The molecular weight excluding hydrogens is 282 g/mol. The highest BCUT2D eigenvalue weighted by Gasteiger charge is 2.15. The van der Waals surface area contributed by atoms with E-state index in [4.69, 9.17) is 4.74 Å². The standard InChI is InChI=1S/C13H18BrNO2/c1-4-9(2)15-13(16)10(3)17-12-7-5-11(14)6-8-12/h5-10H,4H2,1-3H3,(H,15,16)/t9-,10+/m0/s1. The van der Waals surface area contributed by atoms with Gasteiger partial charge in [-0.2, -0.15) is 0 Å². The van der Waals surface area contributed by atoms with Gasteiger partial charge < -0.3 is 10.1 Å². The number of carbonyl (C=O) groups excluding carboxylic acids is 1. The summed E-state index contributed by atoms with van der Waals surface area (Å²) in [5.41, 5.74) is 0. The van der Waals surface area contributed by atoms with E-state index in [0.29, 0.717) is 5.75 Å². The van der Waals surface area contributed by atoms with Gasteiger partial charge in [0.2, 0.25) is 0 Å². The summed E-state index contributed by atoms with van der Waals surface area (Å²) in [6, 6.07) is 7.61. The van der Waals surface area contributed by atoms with Crippen LogP contribution in [0, 0.1) is 0 Å². The van der Waals surface area contributed by atoms with Gasteiger partial charge in [0.15, 0.2) is 6.10 Å². The monoisotopic (exact) mass is 299 g/mol. The minimum Gasteiger partial charge on any atom is -0.481 e. The summed E-state index contributed by atoms with van der Waals surface area (Å²) in [5.74, 6) is 0.613. The maximum absolute atomic E-state index is 11.7. The molecule has 1 aromatic rings. The van der Waals surface area contributed by atoms with Gasteiger partial charge in [-0.3, -0.25) is 4.79 Å². The molecule has 17 heavy (non-hydrogen) atoms. The Morgan fingerprint density at radius 3 is 2.47 bits per heavy atom. The predicted molar refractivity (Wildman–Crippen MR) is 72.1 cm³/mol. The molecule has 0 saturated carbocycles. The molecule has 0 aliphatic carbocycles. The van der Waals surface area contributed by atoms with Gasteiger partial charge in [-0.15, -0.1) is 0 Å². The summed E-state index contributed by atoms with van der Waals surface area (Å²) in [5, 5.41) is 2.89. The van der Waals surface area contributed by atoms with Crippen LogP contribution in [-0.2, 0) is 4.79 Å². The summed E-state index contributed by atoms with van der Waals surface area (Å²) in [4.78, 5) is 11.7. The van der Waals surface area contributed by atoms with Crippen LogP contribution in [0.5, 0.6) is 5.75 Å². The van der Waals surface area contributed by atoms with E-state index in [1.165, 1.54) is 0 Å². The minimum absolute atomic E-state index is 0.0812. The Hall–Kier alpha value is -1.03. The molecule has 0 aliphatic heterocycles. The highest BCUT2D eigenvalue weighted by molar-refractivity contribution is 9.10. The number of nitrogens with one attached hydrogen (secondary N) is 1. The Balaban J connectivity index is 2.51. The van der Waals surface area contributed by atoms with Gasteiger partial charge in [-0.1, -0.05) is 22.9 Å². The maximum atomic E-state index is 11.7. The zero-order valence-corrected chi connectivity index (χ0v) is 12.0. The molecule has 0 spiro atoms. The smallest absolute Gasteiger partial charge is 0.260 e. The molecule has 2 atom stereocenters. The van der Waals surface area contributed by atoms with E-state index in [1.54, 1.807) is 6.92 Å². The Morgan fingerprint density at radius 1 is 1.35 bits per heavy atom. The average molecular weight is 300 g/mol. The second-order valence-corrected chi connectivity index (χ2v) is 4.95. The first-order valence-corrected chi connectivity index (χ1v) is 6.54. The molecule has 0 heterocycles. The van der Waals surface area contributed by atoms with Crippen LogP contribution in [0.2, 0.25) is 0 Å². The molecule has 0 saturated heterocycles. The fourth-order valence-electron chi connectivity index (χ4n) is 1.23. The van der Waals surface area contributed by atoms with E-state index in [1.807, 2.05) is 38.1 Å². The molecule has 0 aromatic heterocycles. The molecule has 0 aliphatic rings. The van der Waals surface area contributed by atoms with Crippen molar-refractivity contribution in [2.75, 3.05) is 0 Å². The van der Waals surface area contributed by atoms with Crippen LogP contribution >= 0.6 is 15.9 Å². The number of ether oxygens (including phenoxy) is 1. The van der Waals surface area contributed by atoms with E-state index in [0.717, 1.165) is 10.9 Å². The Morgan fingerprint density at radius 2 is 1.94 bits per heavy atom. The molecule has 3 nitrogen and oxygen atoms in total. The molecule has 1 rings (SSSR count). The van der Waals surface area contributed by atoms with Crippen molar-refractivity contribution in [1.82, 2.24) is 5.32 Å². The van der Waals surface area contributed by atoms with Gasteiger partial charge in [-0.05, 0) is 44.5 Å². The van der Waals surface area contributed by atoms with Gasteiger partial charge in [0.05, 0.1) is 0 Å². The number of halogens is 1. The van der Waals surface area contributed by atoms with E-state index < -0.39 is 6.10 Å². The van der Waals surface area contributed by atoms with Crippen molar-refractivity contribution in [3.63, 3.8) is 0 Å². The van der Waals surface area contributed by atoms with Crippen LogP contribution in [0.3, 0.4) is 0 Å². The van der Waals surface area contributed by atoms with Crippen molar-refractivity contribution in [3.8, 4) is 5.75 Å². The fourth-order valence-corrected chi connectivity index (χ4v) is 1.50. The van der Waals surface area contributed by atoms with Crippen LogP contribution in [0.25, 0.3) is 0 Å². The molecule has 4 heteroatoms. The van der Waals surface area contributed by atoms with Crippen molar-refractivity contribution < 1.29 is 9.53 Å². The lowest BCUT2D eigenvalue weighted by molar-refractivity contribution is -0.127. The third-order valence-electron chi connectivity index (χ3n) is 2.50. The average Bonchev–Trinajstić information content (AvgIpc) is 2.31. The first-order chi connectivity index (χ1) is 8.02. The number of hydrogen-bond acceptors (Lipinski definition) is 2. The topological polar surface area (TPSA) is 38.3 Å². The van der Waals surface area contributed by atoms with Crippen LogP contribution in [0.4, 0.5) is 0 Å². The highest BCUT2D eigenvalue weighted by atomic mass is 79.9. The zero-order chi connectivity index (χ0) is 12.8. The molecule has 1 amide bonds. The number of amides is 1. The van der Waals surface area contributed by atoms with E-state index >= 15 is 0 Å². The molecule has 94 valence electrons. The second kappa shape index (κ2) is 6.64. The van der Waals surface area contributed by atoms with Crippen molar-refractivity contribution in [2.45, 2.75) is 39.3 Å². The normalized spacial score (nSPS) is 13.9. The third kappa shape index (κ3) is 4.77. The van der Waals surface area contributed by atoms with Crippen molar-refractivity contribution >= 4 is 21.8 Å². The predicted octanol–water partition coefficient (Wildman–Crippen LogP) is 3.13. The van der Waals surface area contributed by atoms with Crippen LogP contribution in [0.1, 0.15) is 27.2 Å². The summed E-state index contributed by atoms with van der Waals surface area (Å²) in [6.45, 7) is 5.76. The number of rotatable bonds is 5. The quantitative estimate of drug-likeness (QED) is 0.907. The molecule has 0 fully saturated rings. The first-order valence-electron chi connectivity index (χ1n) is 5.75. The van der Waals surface area contributed by atoms with Crippen molar-refractivity contribution in [2.24, 2.45) is 0 Å². The fraction of sp³-hybridized carbons (Fsp3) is 0.462. The van der Waals surface area contributed by atoms with Crippen molar-refractivity contribution in [3.05, 3.63) is 28.7 Å². The Kier molecular flexibility index (Phi) is 5.48. The second-order valence-electron chi connectivity index (χ2n) is 4.03. The van der Waals surface area contributed by atoms with E-state index in [9.17, 15) is 4.79 Å². The number of hydrogen-bond donors (Lipinski definition) is 1. The SMILES string of the molecule is CC[C@H](C)NC(=O)[C@@H](C)Oc1ccc(Br)cc1. The molecule has 0 unspecified atom stereocenters. The number of benzene rings is 1. The molecule has 0 bridgehead atoms. The van der Waals surface area contributed by atoms with E-state index in [2.05, 4.69) is 21.2 Å². The Bertz CT molecular complexity index is 364. The zero-order valence-electron chi connectivity index (χ0n) is 10.4. The van der Waals surface area contributed by atoms with Crippen molar-refractivity contribution in [1.29, 1.82) is 0 Å². The lowest BCUT2D eigenvalue weighted by Crippen LogP contribution is -2.40. The summed E-state index contributed by atoms with van der Waals surface area (Å²) in [6.07, 6.45) is 0.432. The molecular formula is C13H18BrNO2. The van der Waals surface area contributed by atoms with Gasteiger partial charge in [-0.25, -0.2) is 0 Å². The maximum Gasteiger partial charge on any atom is 0.260 e. The largest absolute Gasteiger partial charge is 0.481 e. The van der Waals surface area contributed by atoms with Gasteiger partial charge in [0.1, 0.15) is 5.75 Å². The summed E-state index contributed by atoms with van der Waals surface area (Å²) < 4.78 is 6.53. The Labute approximate surface area is 111 Å². The van der Waals surface area contributed by atoms with Crippen LogP contribution in [0.15, 0.2) is 28.7 Å². The van der Waals surface area contributed by atoms with Gasteiger partial charge >= 0.3 is 0 Å². The van der Waals surface area contributed by atoms with Crippen LogP contribution in [-0.4, -0.2) is 18.1 Å². The van der Waals surface area contributed by atoms with Crippen LogP contribution < -0.4 is 10.1 Å². The van der Waals surface area contributed by atoms with E-state index in [-0.39, 0.29) is 11.9 Å². The lowest BCUT2D eigenvalue weighted by atomic mass is 10.2. The minimum atomic E-state index is -0.481. The van der Waals surface area contributed by atoms with Gasteiger partial charge in [0, 0.05) is 10.5 Å². The summed E-state index contributed by atoms with van der Waals surface area (Å²) >= 11 is 3.35. The number of carbonyl (C=O) groups is 1. The third-order valence-corrected chi connectivity index (χ3v) is 3.03.